The minimum absolute atomic E-state index is 0.0744. The zero-order valence-corrected chi connectivity index (χ0v) is 17.9. The number of fused-ring (bicyclic) bond motifs is 1. The van der Waals surface area contributed by atoms with Gasteiger partial charge in [0.1, 0.15) is 0 Å². The first-order valence-electron chi connectivity index (χ1n) is 10.4. The lowest BCUT2D eigenvalue weighted by Crippen LogP contribution is -3.11. The molecule has 0 aromatic heterocycles. The van der Waals surface area contributed by atoms with Crippen LogP contribution in [-0.4, -0.2) is 32.0 Å². The molecule has 3 rings (SSSR count). The van der Waals surface area contributed by atoms with Gasteiger partial charge in [-0.2, -0.15) is 0 Å². The molecular formula is C25H30N3O2+. The van der Waals surface area contributed by atoms with Crippen molar-refractivity contribution in [1.82, 2.24) is 5.32 Å². The van der Waals surface area contributed by atoms with Crippen molar-refractivity contribution < 1.29 is 14.5 Å². The van der Waals surface area contributed by atoms with Crippen LogP contribution in [0.5, 0.6) is 0 Å². The number of para-hydroxylation sites is 1. The van der Waals surface area contributed by atoms with E-state index in [4.69, 9.17) is 0 Å². The van der Waals surface area contributed by atoms with Gasteiger partial charge < -0.3 is 15.5 Å². The van der Waals surface area contributed by atoms with E-state index in [1.54, 1.807) is 0 Å². The Bertz CT molecular complexity index is 1030. The van der Waals surface area contributed by atoms with E-state index in [9.17, 15) is 9.59 Å². The van der Waals surface area contributed by atoms with Crippen molar-refractivity contribution >= 4 is 28.3 Å². The number of hydrogen-bond acceptors (Lipinski definition) is 2. The molecular weight excluding hydrogens is 374 g/mol. The van der Waals surface area contributed by atoms with Crippen molar-refractivity contribution in [2.24, 2.45) is 0 Å². The first kappa shape index (κ1) is 21.5. The smallest absolute Gasteiger partial charge is 0.279 e. The minimum Gasteiger partial charge on any atom is -0.345 e. The monoisotopic (exact) mass is 404 g/mol. The number of rotatable bonds is 8. The summed E-state index contributed by atoms with van der Waals surface area (Å²) in [5.74, 6) is -0.169. The summed E-state index contributed by atoms with van der Waals surface area (Å²) in [5.41, 5.74) is 3.03. The van der Waals surface area contributed by atoms with E-state index in [0.29, 0.717) is 0 Å². The molecule has 156 valence electrons. The van der Waals surface area contributed by atoms with Gasteiger partial charge >= 0.3 is 0 Å². The number of likely N-dealkylation sites (N-methyl/N-ethyl adjacent to an activating group) is 1. The molecule has 2 amide bonds. The van der Waals surface area contributed by atoms with E-state index in [-0.39, 0.29) is 30.9 Å². The highest BCUT2D eigenvalue weighted by Gasteiger charge is 2.18. The standard InChI is InChI=1S/C25H29N3O2/c1-4-19-10-6-8-15-23(19)27-25(30)17-28(3)16-24(29)26-18(2)21-14-9-12-20-11-5-7-13-22(20)21/h5-15,18H,4,16-17H2,1-3H3,(H,26,29)(H,27,30)/p+1/t18-/m0/s1. The number of hydrogen-bond donors (Lipinski definition) is 3. The fraction of sp³-hybridized carbons (Fsp3) is 0.280. The van der Waals surface area contributed by atoms with Crippen molar-refractivity contribution in [1.29, 1.82) is 0 Å². The van der Waals surface area contributed by atoms with Gasteiger partial charge in [0.05, 0.1) is 13.1 Å². The Morgan fingerprint density at radius 3 is 2.37 bits per heavy atom. The predicted molar refractivity (Wildman–Crippen MR) is 122 cm³/mol. The number of carbonyl (C=O) groups excluding carboxylic acids is 2. The fourth-order valence-electron chi connectivity index (χ4n) is 3.75. The molecule has 0 aliphatic carbocycles. The maximum atomic E-state index is 12.5. The highest BCUT2D eigenvalue weighted by atomic mass is 16.2. The quantitative estimate of drug-likeness (QED) is 0.541. The van der Waals surface area contributed by atoms with Crippen LogP contribution in [0.2, 0.25) is 0 Å². The largest absolute Gasteiger partial charge is 0.345 e. The summed E-state index contributed by atoms with van der Waals surface area (Å²) in [5, 5.41) is 8.33. The summed E-state index contributed by atoms with van der Waals surface area (Å²) in [6.07, 6.45) is 0.855. The lowest BCUT2D eigenvalue weighted by atomic mass is 10.00. The number of aryl methyl sites for hydroxylation is 1. The SMILES string of the molecule is CCc1ccccc1NC(=O)C[NH+](C)CC(=O)N[C@@H](C)c1cccc2ccccc12. The van der Waals surface area contributed by atoms with Crippen LogP contribution in [0.1, 0.15) is 31.0 Å². The molecule has 1 unspecified atom stereocenters. The van der Waals surface area contributed by atoms with Crippen LogP contribution in [0.25, 0.3) is 10.8 Å². The third-order valence-corrected chi connectivity index (χ3v) is 5.26. The van der Waals surface area contributed by atoms with Gasteiger partial charge in [0.2, 0.25) is 0 Å². The van der Waals surface area contributed by atoms with Gasteiger partial charge in [0.25, 0.3) is 11.8 Å². The molecule has 0 heterocycles. The van der Waals surface area contributed by atoms with Crippen LogP contribution in [0.3, 0.4) is 0 Å². The van der Waals surface area contributed by atoms with Gasteiger partial charge in [0.15, 0.2) is 13.1 Å². The molecule has 30 heavy (non-hydrogen) atoms. The summed E-state index contributed by atoms with van der Waals surface area (Å²) in [7, 11) is 1.85. The zero-order valence-electron chi connectivity index (χ0n) is 17.9. The second kappa shape index (κ2) is 10.0. The Morgan fingerprint density at radius 2 is 1.57 bits per heavy atom. The van der Waals surface area contributed by atoms with Crippen LogP contribution in [-0.2, 0) is 16.0 Å². The second-order valence-corrected chi connectivity index (χ2v) is 7.73. The Balaban J connectivity index is 1.54. The van der Waals surface area contributed by atoms with Crippen molar-refractivity contribution in [3.63, 3.8) is 0 Å². The van der Waals surface area contributed by atoms with E-state index in [1.165, 1.54) is 0 Å². The number of amides is 2. The molecule has 0 spiro atoms. The number of carbonyl (C=O) groups is 2. The summed E-state index contributed by atoms with van der Waals surface area (Å²) in [6, 6.07) is 22.0. The van der Waals surface area contributed by atoms with Gasteiger partial charge in [-0.05, 0) is 41.3 Å². The van der Waals surface area contributed by atoms with Crippen molar-refractivity contribution in [3.05, 3.63) is 77.9 Å². The molecule has 3 aromatic rings. The van der Waals surface area contributed by atoms with Gasteiger partial charge in [-0.15, -0.1) is 0 Å². The number of quaternary nitrogens is 1. The van der Waals surface area contributed by atoms with Crippen LogP contribution in [0, 0.1) is 0 Å². The molecule has 3 aromatic carbocycles. The Hall–Kier alpha value is -3.18. The van der Waals surface area contributed by atoms with E-state index >= 15 is 0 Å². The van der Waals surface area contributed by atoms with Crippen molar-refractivity contribution in [2.75, 3.05) is 25.5 Å². The number of nitrogens with one attached hydrogen (secondary N) is 3. The van der Waals surface area contributed by atoms with E-state index in [1.807, 2.05) is 62.5 Å². The Morgan fingerprint density at radius 1 is 0.900 bits per heavy atom. The van der Waals surface area contributed by atoms with Gasteiger partial charge in [-0.1, -0.05) is 67.6 Å². The van der Waals surface area contributed by atoms with Crippen LogP contribution in [0.4, 0.5) is 5.69 Å². The summed E-state index contributed by atoms with van der Waals surface area (Å²) >= 11 is 0. The molecule has 5 nitrogen and oxygen atoms in total. The highest BCUT2D eigenvalue weighted by molar-refractivity contribution is 5.92. The molecule has 0 aliphatic rings. The predicted octanol–water partition coefficient (Wildman–Crippen LogP) is 2.73. The van der Waals surface area contributed by atoms with Crippen molar-refractivity contribution in [3.8, 4) is 0 Å². The highest BCUT2D eigenvalue weighted by Crippen LogP contribution is 2.23. The van der Waals surface area contributed by atoms with Gasteiger partial charge in [-0.3, -0.25) is 9.59 Å². The molecule has 3 N–H and O–H groups in total. The lowest BCUT2D eigenvalue weighted by Gasteiger charge is -2.19. The fourth-order valence-corrected chi connectivity index (χ4v) is 3.75. The molecule has 5 heteroatoms. The average molecular weight is 405 g/mol. The Labute approximate surface area is 178 Å². The van der Waals surface area contributed by atoms with E-state index in [2.05, 4.69) is 35.8 Å². The molecule has 0 aliphatic heterocycles. The molecule has 0 radical (unpaired) electrons. The first-order valence-corrected chi connectivity index (χ1v) is 10.4. The average Bonchev–Trinajstić information content (AvgIpc) is 2.73. The summed E-state index contributed by atoms with van der Waals surface area (Å²) in [6.45, 7) is 4.51. The normalized spacial score (nSPS) is 12.9. The van der Waals surface area contributed by atoms with E-state index < -0.39 is 0 Å². The zero-order chi connectivity index (χ0) is 21.5. The van der Waals surface area contributed by atoms with E-state index in [0.717, 1.165) is 38.9 Å². The molecule has 0 bridgehead atoms. The summed E-state index contributed by atoms with van der Waals surface area (Å²) < 4.78 is 0. The van der Waals surface area contributed by atoms with Gasteiger partial charge in [-0.25, -0.2) is 0 Å². The first-order chi connectivity index (χ1) is 14.5. The minimum atomic E-state index is -0.110. The Kier molecular flexibility index (Phi) is 7.20. The van der Waals surface area contributed by atoms with Crippen LogP contribution < -0.4 is 15.5 Å². The van der Waals surface area contributed by atoms with Gasteiger partial charge in [0, 0.05) is 5.69 Å². The van der Waals surface area contributed by atoms with Crippen LogP contribution in [0.15, 0.2) is 66.7 Å². The molecule has 2 atom stereocenters. The van der Waals surface area contributed by atoms with Crippen molar-refractivity contribution in [2.45, 2.75) is 26.3 Å². The third kappa shape index (κ3) is 5.45. The topological polar surface area (TPSA) is 62.6 Å². The maximum Gasteiger partial charge on any atom is 0.279 e. The lowest BCUT2D eigenvalue weighted by molar-refractivity contribution is -0.862. The molecule has 0 fully saturated rings. The number of benzene rings is 3. The maximum absolute atomic E-state index is 12.5. The molecule has 0 saturated carbocycles. The van der Waals surface area contributed by atoms with Crippen LogP contribution >= 0.6 is 0 Å². The molecule has 0 saturated heterocycles. The number of anilines is 1. The second-order valence-electron chi connectivity index (χ2n) is 7.73. The third-order valence-electron chi connectivity index (χ3n) is 5.26. The summed E-state index contributed by atoms with van der Waals surface area (Å²) in [4.78, 5) is 25.8.